The molecule has 0 amide bonds. The van der Waals surface area contributed by atoms with Gasteiger partial charge in [0.1, 0.15) is 11.3 Å². The Hall–Kier alpha value is -4.23. The third-order valence-electron chi connectivity index (χ3n) is 5.38. The van der Waals surface area contributed by atoms with Crippen LogP contribution in [0, 0.1) is 0 Å². The molecule has 4 heterocycles. The quantitative estimate of drug-likeness (QED) is 0.398. The summed E-state index contributed by atoms with van der Waals surface area (Å²) in [5.41, 5.74) is 11.0. The van der Waals surface area contributed by atoms with E-state index in [4.69, 9.17) is 15.7 Å². The minimum atomic E-state index is -0.0664. The molecule has 1 atom stereocenters. The Bertz CT molecular complexity index is 1340. The molecular formula is C26H23N7. The number of hydrogen-bond donors (Lipinski definition) is 2. The number of nitrogens with one attached hydrogen (secondary N) is 1. The fourth-order valence-electron chi connectivity index (χ4n) is 3.76. The van der Waals surface area contributed by atoms with Gasteiger partial charge in [0.15, 0.2) is 5.82 Å². The lowest BCUT2D eigenvalue weighted by Crippen LogP contribution is -2.31. The van der Waals surface area contributed by atoms with Crippen LogP contribution in [0.2, 0.25) is 0 Å². The van der Waals surface area contributed by atoms with Gasteiger partial charge in [-0.2, -0.15) is 0 Å². The van der Waals surface area contributed by atoms with E-state index < -0.39 is 0 Å². The van der Waals surface area contributed by atoms with Crippen LogP contribution in [0.3, 0.4) is 0 Å². The number of benzene rings is 1. The van der Waals surface area contributed by atoms with Crippen molar-refractivity contribution in [1.82, 2.24) is 24.9 Å². The smallest absolute Gasteiger partial charge is 0.162 e. The van der Waals surface area contributed by atoms with Crippen molar-refractivity contribution in [3.8, 4) is 22.6 Å². The number of nitrogens with two attached hydrogens (primary N) is 1. The highest BCUT2D eigenvalue weighted by Gasteiger charge is 2.15. The summed E-state index contributed by atoms with van der Waals surface area (Å²) < 4.78 is 0. The van der Waals surface area contributed by atoms with E-state index in [1.54, 1.807) is 31.0 Å². The molecule has 7 heteroatoms. The van der Waals surface area contributed by atoms with Gasteiger partial charge in [-0.15, -0.1) is 0 Å². The van der Waals surface area contributed by atoms with Crippen LogP contribution in [-0.4, -0.2) is 37.5 Å². The van der Waals surface area contributed by atoms with Gasteiger partial charge >= 0.3 is 0 Å². The lowest BCUT2D eigenvalue weighted by atomic mass is 10.1. The summed E-state index contributed by atoms with van der Waals surface area (Å²) in [5.74, 6) is 1.33. The first-order valence-electron chi connectivity index (χ1n) is 10.8. The van der Waals surface area contributed by atoms with Crippen molar-refractivity contribution in [3.05, 3.63) is 97.2 Å². The topological polar surface area (TPSA) is 102 Å². The predicted octanol–water partition coefficient (Wildman–Crippen LogP) is 4.13. The lowest BCUT2D eigenvalue weighted by Gasteiger charge is -2.16. The lowest BCUT2D eigenvalue weighted by molar-refractivity contribution is 0.698. The Labute approximate surface area is 191 Å². The average molecular weight is 434 g/mol. The van der Waals surface area contributed by atoms with Crippen LogP contribution in [0.25, 0.3) is 33.5 Å². The van der Waals surface area contributed by atoms with Gasteiger partial charge in [-0.3, -0.25) is 15.0 Å². The fraction of sp³-hybridized carbons (Fsp3) is 0.115. The first kappa shape index (κ1) is 20.7. The van der Waals surface area contributed by atoms with Crippen molar-refractivity contribution in [1.29, 1.82) is 0 Å². The highest BCUT2D eigenvalue weighted by molar-refractivity contribution is 5.98. The van der Waals surface area contributed by atoms with Crippen molar-refractivity contribution in [2.75, 3.05) is 11.9 Å². The molecule has 0 aliphatic heterocycles. The Morgan fingerprint density at radius 3 is 2.18 bits per heavy atom. The molecule has 4 aromatic heterocycles. The van der Waals surface area contributed by atoms with Crippen LogP contribution in [0.1, 0.15) is 5.56 Å². The zero-order chi connectivity index (χ0) is 22.5. The number of nitrogens with zero attached hydrogens (tertiary/aromatic N) is 5. The second kappa shape index (κ2) is 9.50. The Morgan fingerprint density at radius 1 is 0.758 bits per heavy atom. The van der Waals surface area contributed by atoms with E-state index in [1.807, 2.05) is 48.5 Å². The summed E-state index contributed by atoms with van der Waals surface area (Å²) >= 11 is 0. The molecule has 0 fully saturated rings. The largest absolute Gasteiger partial charge is 0.368 e. The molecule has 0 aliphatic rings. The van der Waals surface area contributed by atoms with Gasteiger partial charge in [-0.25, -0.2) is 9.97 Å². The normalized spacial score (nSPS) is 11.9. The Kier molecular flexibility index (Phi) is 5.95. The van der Waals surface area contributed by atoms with Crippen molar-refractivity contribution in [2.45, 2.75) is 12.5 Å². The summed E-state index contributed by atoms with van der Waals surface area (Å²) in [6, 6.07) is 19.8. The van der Waals surface area contributed by atoms with Gasteiger partial charge in [-0.1, -0.05) is 30.3 Å². The second-order valence-corrected chi connectivity index (χ2v) is 7.75. The molecule has 0 unspecified atom stereocenters. The maximum atomic E-state index is 6.43. The number of pyridine rings is 3. The summed E-state index contributed by atoms with van der Waals surface area (Å²) in [6.07, 6.45) is 9.53. The van der Waals surface area contributed by atoms with Gasteiger partial charge in [0.25, 0.3) is 0 Å². The molecule has 3 N–H and O–H groups in total. The molecule has 5 rings (SSSR count). The Balaban J connectivity index is 1.54. The third kappa shape index (κ3) is 4.68. The first-order valence-corrected chi connectivity index (χ1v) is 10.8. The number of rotatable bonds is 7. The Morgan fingerprint density at radius 2 is 1.45 bits per heavy atom. The summed E-state index contributed by atoms with van der Waals surface area (Å²) in [6.45, 7) is 0.573. The molecule has 1 aromatic carbocycles. The van der Waals surface area contributed by atoms with Crippen molar-refractivity contribution >= 4 is 16.7 Å². The molecule has 7 nitrogen and oxygen atoms in total. The van der Waals surface area contributed by atoms with E-state index in [9.17, 15) is 0 Å². The van der Waals surface area contributed by atoms with Crippen LogP contribution < -0.4 is 11.1 Å². The van der Waals surface area contributed by atoms with Gasteiger partial charge in [0.05, 0.1) is 5.69 Å². The zero-order valence-electron chi connectivity index (χ0n) is 18.0. The monoisotopic (exact) mass is 433 g/mol. The van der Waals surface area contributed by atoms with Crippen molar-refractivity contribution < 1.29 is 0 Å². The van der Waals surface area contributed by atoms with Crippen LogP contribution in [0.4, 0.5) is 5.82 Å². The molecule has 0 aliphatic carbocycles. The minimum absolute atomic E-state index is 0.0664. The highest BCUT2D eigenvalue weighted by Crippen LogP contribution is 2.30. The average Bonchev–Trinajstić information content (AvgIpc) is 2.88. The SMILES string of the molecule is N[C@@H](CNc1nc(-c2ccncc2)nc2c(-c3ccncc3)nccc12)Cc1ccccc1. The molecular weight excluding hydrogens is 410 g/mol. The standard InChI is InChI=1S/C26H23N7/c27-21(16-18-4-2-1-3-5-18)17-31-26-22-10-15-30-23(19-6-11-28-12-7-19)24(22)32-25(33-26)20-8-13-29-14-9-20/h1-15,21H,16-17,27H2,(H,31,32,33)/t21-/m1/s1. The summed E-state index contributed by atoms with van der Waals surface area (Å²) in [4.78, 5) is 22.6. The number of hydrogen-bond acceptors (Lipinski definition) is 7. The second-order valence-electron chi connectivity index (χ2n) is 7.75. The molecule has 0 bridgehead atoms. The van der Waals surface area contributed by atoms with Gasteiger partial charge < -0.3 is 11.1 Å². The zero-order valence-corrected chi connectivity index (χ0v) is 18.0. The molecule has 0 saturated carbocycles. The molecule has 162 valence electrons. The minimum Gasteiger partial charge on any atom is -0.368 e. The van der Waals surface area contributed by atoms with E-state index in [0.29, 0.717) is 12.4 Å². The number of fused-ring (bicyclic) bond motifs is 1. The molecule has 0 radical (unpaired) electrons. The molecule has 0 saturated heterocycles. The number of anilines is 1. The van der Waals surface area contributed by atoms with Crippen LogP contribution >= 0.6 is 0 Å². The maximum Gasteiger partial charge on any atom is 0.162 e. The van der Waals surface area contributed by atoms with E-state index in [0.717, 1.165) is 40.0 Å². The molecule has 5 aromatic rings. The fourth-order valence-corrected chi connectivity index (χ4v) is 3.76. The van der Waals surface area contributed by atoms with Crippen LogP contribution in [0.15, 0.2) is 91.6 Å². The molecule has 0 spiro atoms. The van der Waals surface area contributed by atoms with Gasteiger partial charge in [-0.05, 0) is 42.3 Å². The van der Waals surface area contributed by atoms with Gasteiger partial charge in [0.2, 0.25) is 0 Å². The van der Waals surface area contributed by atoms with Crippen LogP contribution in [-0.2, 0) is 6.42 Å². The molecule has 33 heavy (non-hydrogen) atoms. The predicted molar refractivity (Wildman–Crippen MR) is 130 cm³/mol. The van der Waals surface area contributed by atoms with E-state index in [1.165, 1.54) is 5.56 Å². The van der Waals surface area contributed by atoms with Crippen LogP contribution in [0.5, 0.6) is 0 Å². The van der Waals surface area contributed by atoms with Crippen molar-refractivity contribution in [2.24, 2.45) is 5.73 Å². The highest BCUT2D eigenvalue weighted by atomic mass is 15.0. The van der Waals surface area contributed by atoms with E-state index >= 15 is 0 Å². The first-order chi connectivity index (χ1) is 16.3. The van der Waals surface area contributed by atoms with Crippen molar-refractivity contribution in [3.63, 3.8) is 0 Å². The summed E-state index contributed by atoms with van der Waals surface area (Å²) in [7, 11) is 0. The summed E-state index contributed by atoms with van der Waals surface area (Å²) in [5, 5.41) is 4.35. The maximum absolute atomic E-state index is 6.43. The number of aromatic nitrogens is 5. The van der Waals surface area contributed by atoms with E-state index in [-0.39, 0.29) is 6.04 Å². The third-order valence-corrected chi connectivity index (χ3v) is 5.38. The van der Waals surface area contributed by atoms with Gasteiger partial charge in [0, 0.05) is 60.1 Å². The van der Waals surface area contributed by atoms with E-state index in [2.05, 4.69) is 32.4 Å².